The summed E-state index contributed by atoms with van der Waals surface area (Å²) in [4.78, 5) is 0. The molecule has 1 spiro atoms. The largest absolute Gasteiger partial charge is 0.377 e. The van der Waals surface area contributed by atoms with Crippen LogP contribution in [0.5, 0.6) is 0 Å². The minimum Gasteiger partial charge on any atom is -0.377 e. The molecule has 1 saturated heterocycles. The van der Waals surface area contributed by atoms with Crippen LogP contribution < -0.4 is 5.32 Å². The van der Waals surface area contributed by atoms with E-state index >= 15 is 0 Å². The highest BCUT2D eigenvalue weighted by Crippen LogP contribution is 2.60. The molecule has 0 bridgehead atoms. The Labute approximate surface area is 133 Å². The van der Waals surface area contributed by atoms with E-state index in [1.807, 2.05) is 6.07 Å². The Kier molecular flexibility index (Phi) is 3.59. The van der Waals surface area contributed by atoms with Crippen LogP contribution in [0.2, 0.25) is 0 Å². The van der Waals surface area contributed by atoms with Crippen molar-refractivity contribution in [1.82, 2.24) is 5.32 Å². The van der Waals surface area contributed by atoms with Gasteiger partial charge in [-0.2, -0.15) is 0 Å². The molecule has 2 saturated carbocycles. The van der Waals surface area contributed by atoms with Gasteiger partial charge in [-0.1, -0.05) is 28.8 Å². The molecule has 4 rings (SSSR count). The van der Waals surface area contributed by atoms with E-state index in [-0.39, 0.29) is 5.82 Å². The monoisotopic (exact) mass is 353 g/mol. The third-order valence-electron chi connectivity index (χ3n) is 5.73. The van der Waals surface area contributed by atoms with Crippen molar-refractivity contribution in [2.24, 2.45) is 11.3 Å². The minimum atomic E-state index is -0.174. The van der Waals surface area contributed by atoms with Crippen LogP contribution in [0.25, 0.3) is 0 Å². The quantitative estimate of drug-likeness (QED) is 0.885. The van der Waals surface area contributed by atoms with Crippen molar-refractivity contribution >= 4 is 15.9 Å². The molecule has 3 atom stereocenters. The smallest absolute Gasteiger partial charge is 0.124 e. The van der Waals surface area contributed by atoms with E-state index < -0.39 is 0 Å². The van der Waals surface area contributed by atoms with Crippen LogP contribution in [-0.4, -0.2) is 18.8 Å². The molecule has 1 N–H and O–H groups in total. The Morgan fingerprint density at radius 3 is 2.86 bits per heavy atom. The van der Waals surface area contributed by atoms with Gasteiger partial charge in [0.05, 0.1) is 6.10 Å². The maximum Gasteiger partial charge on any atom is 0.124 e. The van der Waals surface area contributed by atoms with Gasteiger partial charge in [0.2, 0.25) is 0 Å². The average Bonchev–Trinajstić information content (AvgIpc) is 3.04. The maximum atomic E-state index is 13.5. The van der Waals surface area contributed by atoms with Crippen molar-refractivity contribution in [3.8, 4) is 0 Å². The number of halogens is 2. The number of benzene rings is 1. The van der Waals surface area contributed by atoms with Crippen molar-refractivity contribution in [3.05, 3.63) is 34.1 Å². The second-order valence-electron chi connectivity index (χ2n) is 6.82. The molecule has 21 heavy (non-hydrogen) atoms. The van der Waals surface area contributed by atoms with E-state index in [4.69, 9.17) is 4.74 Å². The van der Waals surface area contributed by atoms with Crippen LogP contribution in [0.4, 0.5) is 4.39 Å². The highest BCUT2D eigenvalue weighted by atomic mass is 79.9. The van der Waals surface area contributed by atoms with E-state index in [1.165, 1.54) is 38.2 Å². The standard InChI is InChI=1S/C17H21BrFNO/c18-12-7-11(8-13(19)9-12)10-20-15-14-3-6-21-16(14)17(15)4-1-2-5-17/h7-9,14-16,20H,1-6,10H2/t14-,15-,16-/m1/s1. The maximum absolute atomic E-state index is 13.5. The Balaban J connectivity index is 1.48. The summed E-state index contributed by atoms with van der Waals surface area (Å²) in [5.74, 6) is 0.493. The summed E-state index contributed by atoms with van der Waals surface area (Å²) < 4.78 is 20.3. The second-order valence-corrected chi connectivity index (χ2v) is 7.74. The van der Waals surface area contributed by atoms with E-state index in [1.54, 1.807) is 6.07 Å². The Morgan fingerprint density at radius 2 is 2.10 bits per heavy atom. The number of nitrogens with one attached hydrogen (secondary N) is 1. The summed E-state index contributed by atoms with van der Waals surface area (Å²) in [6.07, 6.45) is 6.90. The number of fused-ring (bicyclic) bond motifs is 2. The SMILES string of the molecule is Fc1cc(Br)cc(CN[C@@H]2[C@H]3CCO[C@H]3C23CCCC3)c1. The molecule has 0 unspecified atom stereocenters. The zero-order valence-electron chi connectivity index (χ0n) is 12.1. The molecule has 2 aliphatic carbocycles. The molecule has 3 fully saturated rings. The minimum absolute atomic E-state index is 0.174. The molecule has 1 aromatic carbocycles. The zero-order valence-corrected chi connectivity index (χ0v) is 13.7. The van der Waals surface area contributed by atoms with Gasteiger partial charge in [0.25, 0.3) is 0 Å². The van der Waals surface area contributed by atoms with E-state index in [0.717, 1.165) is 23.2 Å². The number of rotatable bonds is 3. The summed E-state index contributed by atoms with van der Waals surface area (Å²) in [5, 5.41) is 3.73. The van der Waals surface area contributed by atoms with Gasteiger partial charge in [0.1, 0.15) is 5.82 Å². The van der Waals surface area contributed by atoms with Crippen molar-refractivity contribution in [1.29, 1.82) is 0 Å². The summed E-state index contributed by atoms with van der Waals surface area (Å²) >= 11 is 3.37. The molecular formula is C17H21BrFNO. The first-order chi connectivity index (χ1) is 10.2. The molecule has 114 valence electrons. The van der Waals surface area contributed by atoms with E-state index in [9.17, 15) is 4.39 Å². The molecule has 4 heteroatoms. The van der Waals surface area contributed by atoms with Crippen molar-refractivity contribution < 1.29 is 9.13 Å². The summed E-state index contributed by atoms with van der Waals surface area (Å²) in [7, 11) is 0. The predicted octanol–water partition coefficient (Wildman–Crippen LogP) is 4.03. The fraction of sp³-hybridized carbons (Fsp3) is 0.647. The van der Waals surface area contributed by atoms with Gasteiger partial charge in [0.15, 0.2) is 0 Å². The average molecular weight is 354 g/mol. The fourth-order valence-electron chi connectivity index (χ4n) is 4.95. The van der Waals surface area contributed by atoms with Crippen LogP contribution in [-0.2, 0) is 11.3 Å². The van der Waals surface area contributed by atoms with Gasteiger partial charge >= 0.3 is 0 Å². The van der Waals surface area contributed by atoms with Gasteiger partial charge < -0.3 is 10.1 Å². The first-order valence-electron chi connectivity index (χ1n) is 7.99. The number of hydrogen-bond donors (Lipinski definition) is 1. The van der Waals surface area contributed by atoms with Crippen LogP contribution >= 0.6 is 15.9 Å². The van der Waals surface area contributed by atoms with Crippen LogP contribution in [0, 0.1) is 17.2 Å². The Bertz CT molecular complexity index is 523. The first kappa shape index (κ1) is 14.2. The lowest BCUT2D eigenvalue weighted by molar-refractivity contribution is -0.130. The first-order valence-corrected chi connectivity index (χ1v) is 8.78. The number of ether oxygens (including phenoxy) is 1. The molecular weight excluding hydrogens is 333 g/mol. The summed E-state index contributed by atoms with van der Waals surface area (Å²) in [6.45, 7) is 1.66. The fourth-order valence-corrected chi connectivity index (χ4v) is 5.46. The normalized spacial score (nSPS) is 33.1. The predicted molar refractivity (Wildman–Crippen MR) is 83.5 cm³/mol. The van der Waals surface area contributed by atoms with Gasteiger partial charge in [-0.15, -0.1) is 0 Å². The van der Waals surface area contributed by atoms with Crippen molar-refractivity contribution in [2.45, 2.75) is 50.8 Å². The molecule has 0 amide bonds. The third kappa shape index (κ3) is 2.27. The van der Waals surface area contributed by atoms with Crippen molar-refractivity contribution in [2.75, 3.05) is 6.61 Å². The Hall–Kier alpha value is -0.450. The van der Waals surface area contributed by atoms with E-state index in [2.05, 4.69) is 21.2 Å². The lowest BCUT2D eigenvalue weighted by Crippen LogP contribution is -2.67. The lowest BCUT2D eigenvalue weighted by atomic mass is 9.54. The topological polar surface area (TPSA) is 21.3 Å². The van der Waals surface area contributed by atoms with Crippen molar-refractivity contribution in [3.63, 3.8) is 0 Å². The van der Waals surface area contributed by atoms with Crippen LogP contribution in [0.3, 0.4) is 0 Å². The highest BCUT2D eigenvalue weighted by Gasteiger charge is 2.64. The molecule has 2 nitrogen and oxygen atoms in total. The van der Waals surface area contributed by atoms with Gasteiger partial charge in [-0.3, -0.25) is 0 Å². The molecule has 1 heterocycles. The van der Waals surface area contributed by atoms with Gasteiger partial charge in [-0.25, -0.2) is 4.39 Å². The van der Waals surface area contributed by atoms with Crippen LogP contribution in [0.15, 0.2) is 22.7 Å². The second kappa shape index (κ2) is 5.32. The molecule has 0 aromatic heterocycles. The summed E-state index contributed by atoms with van der Waals surface area (Å²) in [6, 6.07) is 5.68. The molecule has 1 aliphatic heterocycles. The lowest BCUT2D eigenvalue weighted by Gasteiger charge is -2.57. The third-order valence-corrected chi connectivity index (χ3v) is 6.19. The molecule has 1 aromatic rings. The van der Waals surface area contributed by atoms with E-state index in [0.29, 0.717) is 23.5 Å². The zero-order chi connectivity index (χ0) is 14.4. The summed E-state index contributed by atoms with van der Waals surface area (Å²) in [5.41, 5.74) is 1.38. The molecule has 3 aliphatic rings. The number of hydrogen-bond acceptors (Lipinski definition) is 2. The Morgan fingerprint density at radius 1 is 1.29 bits per heavy atom. The van der Waals surface area contributed by atoms with Crippen LogP contribution in [0.1, 0.15) is 37.7 Å². The van der Waals surface area contributed by atoms with Gasteiger partial charge in [0, 0.05) is 35.0 Å². The molecule has 0 radical (unpaired) electrons. The van der Waals surface area contributed by atoms with Gasteiger partial charge in [-0.05, 0) is 43.0 Å². The highest BCUT2D eigenvalue weighted by molar-refractivity contribution is 9.10.